The fourth-order valence-electron chi connectivity index (χ4n) is 2.18. The monoisotopic (exact) mass is 224 g/mol. The SMILES string of the molecule is O=c1c2cccc(CC(O)c3ccccc3)c12. The maximum atomic E-state index is 11.4. The van der Waals surface area contributed by atoms with Crippen LogP contribution in [0.5, 0.6) is 0 Å². The van der Waals surface area contributed by atoms with Gasteiger partial charge in [0.15, 0.2) is 5.43 Å². The van der Waals surface area contributed by atoms with E-state index in [0.717, 1.165) is 21.9 Å². The minimum Gasteiger partial charge on any atom is -0.388 e. The first-order valence-corrected chi connectivity index (χ1v) is 5.67. The van der Waals surface area contributed by atoms with Gasteiger partial charge in [-0.05, 0) is 11.1 Å². The van der Waals surface area contributed by atoms with Gasteiger partial charge in [0, 0.05) is 17.2 Å². The summed E-state index contributed by atoms with van der Waals surface area (Å²) in [6.45, 7) is 0. The van der Waals surface area contributed by atoms with Gasteiger partial charge in [-0.3, -0.25) is 4.79 Å². The van der Waals surface area contributed by atoms with Gasteiger partial charge in [0.25, 0.3) is 0 Å². The summed E-state index contributed by atoms with van der Waals surface area (Å²) in [5.74, 6) is 0. The number of hydrogen-bond donors (Lipinski definition) is 1. The molecule has 0 heterocycles. The van der Waals surface area contributed by atoms with Crippen LogP contribution >= 0.6 is 0 Å². The number of fused-ring (bicyclic) bond motifs is 1. The minimum atomic E-state index is -0.545. The highest BCUT2D eigenvalue weighted by molar-refractivity contribution is 5.99. The molecule has 0 saturated heterocycles. The van der Waals surface area contributed by atoms with Crippen molar-refractivity contribution in [3.05, 3.63) is 69.9 Å². The molecule has 0 aliphatic carbocycles. The Kier molecular flexibility index (Phi) is 2.30. The lowest BCUT2D eigenvalue weighted by Gasteiger charge is -2.10. The Labute approximate surface area is 98.8 Å². The molecule has 2 nitrogen and oxygen atoms in total. The summed E-state index contributed by atoms with van der Waals surface area (Å²) in [6, 6.07) is 15.1. The highest BCUT2D eigenvalue weighted by Gasteiger charge is 2.18. The molecule has 0 aliphatic heterocycles. The fourth-order valence-corrected chi connectivity index (χ4v) is 2.18. The second kappa shape index (κ2) is 3.82. The molecular formula is C15H12O2. The summed E-state index contributed by atoms with van der Waals surface area (Å²) < 4.78 is 0. The standard InChI is InChI=1S/C15H12O2/c16-13(10-5-2-1-3-6-10)9-11-7-4-8-12-14(11)15(12)17/h1-8,13,16H,9H2. The van der Waals surface area contributed by atoms with Crippen LogP contribution in [0.25, 0.3) is 10.8 Å². The largest absolute Gasteiger partial charge is 0.388 e. The van der Waals surface area contributed by atoms with Crippen molar-refractivity contribution in [2.24, 2.45) is 0 Å². The van der Waals surface area contributed by atoms with Gasteiger partial charge in [-0.25, -0.2) is 0 Å². The van der Waals surface area contributed by atoms with Crippen LogP contribution in [-0.2, 0) is 6.42 Å². The van der Waals surface area contributed by atoms with Crippen LogP contribution in [0.3, 0.4) is 0 Å². The predicted octanol–water partition coefficient (Wildman–Crippen LogP) is 2.35. The number of hydrogen-bond acceptors (Lipinski definition) is 2. The molecule has 3 aromatic rings. The minimum absolute atomic E-state index is 0.130. The number of benzene rings is 2. The molecule has 3 aromatic carbocycles. The average Bonchev–Trinajstić information content (AvgIpc) is 3.03. The normalized spacial score (nSPS) is 13.2. The highest BCUT2D eigenvalue weighted by atomic mass is 16.3. The van der Waals surface area contributed by atoms with E-state index < -0.39 is 6.10 Å². The fraction of sp³-hybridized carbons (Fsp3) is 0.133. The smallest absolute Gasteiger partial charge is 0.194 e. The zero-order valence-corrected chi connectivity index (χ0v) is 9.26. The molecular weight excluding hydrogens is 212 g/mol. The molecule has 0 amide bonds. The Morgan fingerprint density at radius 1 is 1.00 bits per heavy atom. The summed E-state index contributed by atoms with van der Waals surface area (Å²) in [5.41, 5.74) is 1.97. The van der Waals surface area contributed by atoms with E-state index in [0.29, 0.717) is 6.42 Å². The maximum Gasteiger partial charge on any atom is 0.194 e. The van der Waals surface area contributed by atoms with Gasteiger partial charge >= 0.3 is 0 Å². The highest BCUT2D eigenvalue weighted by Crippen LogP contribution is 2.25. The van der Waals surface area contributed by atoms with Crippen molar-refractivity contribution in [1.82, 2.24) is 0 Å². The first kappa shape index (κ1) is 10.2. The third-order valence-electron chi connectivity index (χ3n) is 3.16. The van der Waals surface area contributed by atoms with Crippen molar-refractivity contribution in [2.45, 2.75) is 12.5 Å². The molecule has 1 N–H and O–H groups in total. The van der Waals surface area contributed by atoms with E-state index in [1.165, 1.54) is 0 Å². The molecule has 1 atom stereocenters. The van der Waals surface area contributed by atoms with Gasteiger partial charge in [-0.2, -0.15) is 0 Å². The summed E-state index contributed by atoms with van der Waals surface area (Å²) in [7, 11) is 0. The van der Waals surface area contributed by atoms with E-state index in [1.54, 1.807) is 0 Å². The van der Waals surface area contributed by atoms with Gasteiger partial charge in [-0.15, -0.1) is 0 Å². The second-order valence-corrected chi connectivity index (χ2v) is 4.30. The third kappa shape index (κ3) is 1.77. The average molecular weight is 224 g/mol. The molecule has 0 bridgehead atoms. The van der Waals surface area contributed by atoms with Gasteiger partial charge in [-0.1, -0.05) is 48.5 Å². The first-order valence-electron chi connectivity index (χ1n) is 5.67. The molecule has 0 spiro atoms. The zero-order chi connectivity index (χ0) is 11.8. The van der Waals surface area contributed by atoms with Crippen LogP contribution in [0.4, 0.5) is 0 Å². The van der Waals surface area contributed by atoms with E-state index in [1.807, 2.05) is 48.5 Å². The first-order chi connectivity index (χ1) is 8.27. The summed E-state index contributed by atoms with van der Waals surface area (Å²) in [4.78, 5) is 11.4. The van der Waals surface area contributed by atoms with Crippen LogP contribution in [0.1, 0.15) is 17.2 Å². The van der Waals surface area contributed by atoms with Crippen LogP contribution in [-0.4, -0.2) is 5.11 Å². The Morgan fingerprint density at radius 2 is 1.76 bits per heavy atom. The molecule has 0 radical (unpaired) electrons. The third-order valence-corrected chi connectivity index (χ3v) is 3.16. The molecule has 17 heavy (non-hydrogen) atoms. The van der Waals surface area contributed by atoms with Crippen LogP contribution < -0.4 is 5.43 Å². The molecule has 1 unspecified atom stereocenters. The second-order valence-electron chi connectivity index (χ2n) is 4.30. The number of aliphatic hydroxyl groups is 1. The number of aliphatic hydroxyl groups excluding tert-OH is 1. The zero-order valence-electron chi connectivity index (χ0n) is 9.26. The van der Waals surface area contributed by atoms with Crippen LogP contribution in [0.15, 0.2) is 53.3 Å². The van der Waals surface area contributed by atoms with E-state index >= 15 is 0 Å². The van der Waals surface area contributed by atoms with Crippen molar-refractivity contribution in [1.29, 1.82) is 0 Å². The summed E-state index contributed by atoms with van der Waals surface area (Å²) in [5, 5.41) is 11.7. The van der Waals surface area contributed by atoms with Gasteiger partial charge in [0.2, 0.25) is 0 Å². The van der Waals surface area contributed by atoms with Crippen molar-refractivity contribution in [3.63, 3.8) is 0 Å². The Bertz CT molecular complexity index is 660. The molecule has 3 rings (SSSR count). The maximum absolute atomic E-state index is 11.4. The molecule has 0 fully saturated rings. The van der Waals surface area contributed by atoms with Crippen molar-refractivity contribution in [2.75, 3.05) is 0 Å². The van der Waals surface area contributed by atoms with Crippen molar-refractivity contribution < 1.29 is 5.11 Å². The van der Waals surface area contributed by atoms with Gasteiger partial charge < -0.3 is 5.11 Å². The predicted molar refractivity (Wildman–Crippen MR) is 67.7 cm³/mol. The van der Waals surface area contributed by atoms with E-state index in [4.69, 9.17) is 0 Å². The Balaban J connectivity index is 1.87. The van der Waals surface area contributed by atoms with E-state index in [2.05, 4.69) is 0 Å². The molecule has 84 valence electrons. The van der Waals surface area contributed by atoms with Crippen LogP contribution in [0.2, 0.25) is 0 Å². The van der Waals surface area contributed by atoms with Crippen LogP contribution in [0, 0.1) is 0 Å². The molecule has 0 aliphatic rings. The lowest BCUT2D eigenvalue weighted by Crippen LogP contribution is -2.01. The van der Waals surface area contributed by atoms with E-state index in [9.17, 15) is 9.90 Å². The quantitative estimate of drug-likeness (QED) is 0.741. The Morgan fingerprint density at radius 3 is 2.53 bits per heavy atom. The lowest BCUT2D eigenvalue weighted by molar-refractivity contribution is 0.179. The lowest BCUT2D eigenvalue weighted by atomic mass is 10.0. The molecule has 0 aromatic heterocycles. The topological polar surface area (TPSA) is 37.3 Å². The summed E-state index contributed by atoms with van der Waals surface area (Å²) in [6.07, 6.45) is -0.0463. The molecule has 2 heteroatoms. The molecule has 0 saturated carbocycles. The number of rotatable bonds is 3. The van der Waals surface area contributed by atoms with E-state index in [-0.39, 0.29) is 5.43 Å². The van der Waals surface area contributed by atoms with Crippen molar-refractivity contribution >= 4 is 10.8 Å². The van der Waals surface area contributed by atoms with Gasteiger partial charge in [0.05, 0.1) is 6.10 Å². The van der Waals surface area contributed by atoms with Crippen molar-refractivity contribution in [3.8, 4) is 0 Å². The summed E-state index contributed by atoms with van der Waals surface area (Å²) >= 11 is 0. The van der Waals surface area contributed by atoms with Gasteiger partial charge in [0.1, 0.15) is 0 Å². The Hall–Kier alpha value is -1.93.